The standard InChI is InChI=1S/C26H36N4O4S/c1-19(2)16-34-17-21(31)14-30(9-8-29-10-12-33-13-11-29)15-23-27-25(32)24-22(18-35-26(24)28-23)20-6-4-3-5-7-20/h3-7,18-19,21,31H,8-17H2,1-2H3,(H,27,28,32)/t21-/m1/s1. The van der Waals surface area contributed by atoms with Crippen LogP contribution in [0.5, 0.6) is 0 Å². The first-order valence-corrected chi connectivity index (χ1v) is 13.2. The molecule has 0 saturated carbocycles. The van der Waals surface area contributed by atoms with Gasteiger partial charge in [0.15, 0.2) is 0 Å². The molecule has 0 spiro atoms. The minimum absolute atomic E-state index is 0.126. The predicted molar refractivity (Wildman–Crippen MR) is 140 cm³/mol. The van der Waals surface area contributed by atoms with E-state index in [1.165, 1.54) is 11.3 Å². The fourth-order valence-corrected chi connectivity index (χ4v) is 5.21. The highest BCUT2D eigenvalue weighted by Gasteiger charge is 2.19. The lowest BCUT2D eigenvalue weighted by atomic mass is 10.1. The highest BCUT2D eigenvalue weighted by atomic mass is 32.1. The number of morpholine rings is 1. The van der Waals surface area contributed by atoms with E-state index in [-0.39, 0.29) is 5.56 Å². The highest BCUT2D eigenvalue weighted by Crippen LogP contribution is 2.30. The Morgan fingerprint density at radius 3 is 2.74 bits per heavy atom. The SMILES string of the molecule is CC(C)COC[C@H](O)CN(CCN1CCOCC1)Cc1nc2scc(-c3ccccc3)c2c(=O)[nH]1. The van der Waals surface area contributed by atoms with E-state index in [1.54, 1.807) is 0 Å². The average Bonchev–Trinajstić information content (AvgIpc) is 3.28. The molecule has 1 aromatic carbocycles. The Hall–Kier alpha value is -2.14. The van der Waals surface area contributed by atoms with Crippen molar-refractivity contribution in [3.63, 3.8) is 0 Å². The van der Waals surface area contributed by atoms with Crippen molar-refractivity contribution >= 4 is 21.6 Å². The molecule has 3 aromatic rings. The Labute approximate surface area is 210 Å². The number of hydrogen-bond donors (Lipinski definition) is 2. The lowest BCUT2D eigenvalue weighted by molar-refractivity contribution is 0.000565. The summed E-state index contributed by atoms with van der Waals surface area (Å²) in [5, 5.41) is 13.2. The van der Waals surface area contributed by atoms with Crippen molar-refractivity contribution in [3.8, 4) is 11.1 Å². The number of H-pyrrole nitrogens is 1. The van der Waals surface area contributed by atoms with Crippen LogP contribution >= 0.6 is 11.3 Å². The van der Waals surface area contributed by atoms with Crippen molar-refractivity contribution < 1.29 is 14.6 Å². The van der Waals surface area contributed by atoms with Crippen LogP contribution < -0.4 is 5.56 Å². The molecule has 8 nitrogen and oxygen atoms in total. The lowest BCUT2D eigenvalue weighted by Gasteiger charge is -2.30. The molecule has 9 heteroatoms. The molecular formula is C26H36N4O4S. The Kier molecular flexibility index (Phi) is 9.42. The van der Waals surface area contributed by atoms with E-state index in [0.29, 0.717) is 43.4 Å². The number of fused-ring (bicyclic) bond motifs is 1. The van der Waals surface area contributed by atoms with E-state index < -0.39 is 6.10 Å². The maximum absolute atomic E-state index is 13.1. The molecule has 1 fully saturated rings. The Balaban J connectivity index is 1.48. The number of thiophene rings is 1. The average molecular weight is 501 g/mol. The second-order valence-electron chi connectivity index (χ2n) is 9.48. The summed E-state index contributed by atoms with van der Waals surface area (Å²) in [6.07, 6.45) is -0.611. The lowest BCUT2D eigenvalue weighted by Crippen LogP contribution is -2.43. The molecule has 0 bridgehead atoms. The van der Waals surface area contributed by atoms with Gasteiger partial charge in [-0.1, -0.05) is 44.2 Å². The van der Waals surface area contributed by atoms with Crippen molar-refractivity contribution in [2.45, 2.75) is 26.5 Å². The van der Waals surface area contributed by atoms with E-state index in [0.717, 1.165) is 55.4 Å². The van der Waals surface area contributed by atoms with Gasteiger partial charge in [0.1, 0.15) is 10.7 Å². The summed E-state index contributed by atoms with van der Waals surface area (Å²) in [6, 6.07) is 9.91. The number of benzene rings is 1. The maximum Gasteiger partial charge on any atom is 0.260 e. The van der Waals surface area contributed by atoms with Gasteiger partial charge in [0.25, 0.3) is 5.56 Å². The van der Waals surface area contributed by atoms with Crippen LogP contribution in [-0.2, 0) is 16.0 Å². The monoisotopic (exact) mass is 500 g/mol. The molecular weight excluding hydrogens is 464 g/mol. The molecule has 1 aliphatic heterocycles. The smallest absolute Gasteiger partial charge is 0.260 e. The normalized spacial score (nSPS) is 15.9. The van der Waals surface area contributed by atoms with Crippen molar-refractivity contribution in [2.75, 3.05) is 59.2 Å². The van der Waals surface area contributed by atoms with Gasteiger partial charge in [0, 0.05) is 50.3 Å². The Bertz CT molecular complexity index is 1110. The minimum Gasteiger partial charge on any atom is -0.389 e. The van der Waals surface area contributed by atoms with Gasteiger partial charge >= 0.3 is 0 Å². The highest BCUT2D eigenvalue weighted by molar-refractivity contribution is 7.17. The Morgan fingerprint density at radius 2 is 2.00 bits per heavy atom. The van der Waals surface area contributed by atoms with E-state index in [4.69, 9.17) is 14.5 Å². The van der Waals surface area contributed by atoms with Gasteiger partial charge in [-0.15, -0.1) is 11.3 Å². The minimum atomic E-state index is -0.611. The van der Waals surface area contributed by atoms with E-state index >= 15 is 0 Å². The first kappa shape index (κ1) is 25.9. The summed E-state index contributed by atoms with van der Waals surface area (Å²) in [5.74, 6) is 1.04. The third-order valence-electron chi connectivity index (χ3n) is 6.02. The summed E-state index contributed by atoms with van der Waals surface area (Å²) in [6.45, 7) is 10.9. The van der Waals surface area contributed by atoms with Crippen LogP contribution in [-0.4, -0.2) is 90.1 Å². The molecule has 4 rings (SSSR count). The second kappa shape index (κ2) is 12.7. The van der Waals surface area contributed by atoms with Crippen LogP contribution in [0.1, 0.15) is 19.7 Å². The molecule has 0 unspecified atom stereocenters. The molecule has 35 heavy (non-hydrogen) atoms. The zero-order valence-electron chi connectivity index (χ0n) is 20.6. The zero-order valence-corrected chi connectivity index (χ0v) is 21.4. The number of aliphatic hydroxyl groups excluding tert-OH is 1. The third kappa shape index (κ3) is 7.42. The summed E-state index contributed by atoms with van der Waals surface area (Å²) in [4.78, 5) is 26.1. The van der Waals surface area contributed by atoms with Gasteiger partial charge in [-0.3, -0.25) is 14.6 Å². The molecule has 1 atom stereocenters. The van der Waals surface area contributed by atoms with Gasteiger partial charge in [-0.05, 0) is 11.5 Å². The van der Waals surface area contributed by atoms with Gasteiger partial charge in [0.2, 0.25) is 0 Å². The van der Waals surface area contributed by atoms with E-state index in [2.05, 4.69) is 28.6 Å². The second-order valence-corrected chi connectivity index (χ2v) is 10.3. The molecule has 3 heterocycles. The van der Waals surface area contributed by atoms with Crippen molar-refractivity contribution in [3.05, 3.63) is 51.9 Å². The number of nitrogens with zero attached hydrogens (tertiary/aromatic N) is 3. The van der Waals surface area contributed by atoms with Gasteiger partial charge in [-0.2, -0.15) is 0 Å². The number of rotatable bonds is 12. The molecule has 0 aliphatic carbocycles. The van der Waals surface area contributed by atoms with E-state index in [1.807, 2.05) is 35.7 Å². The first-order chi connectivity index (χ1) is 17.0. The maximum atomic E-state index is 13.1. The summed E-state index contributed by atoms with van der Waals surface area (Å²) >= 11 is 1.49. The fourth-order valence-electron chi connectivity index (χ4n) is 4.24. The molecule has 190 valence electrons. The van der Waals surface area contributed by atoms with Gasteiger partial charge in [-0.25, -0.2) is 4.98 Å². The van der Waals surface area contributed by atoms with Crippen LogP contribution in [0.4, 0.5) is 0 Å². The molecule has 0 radical (unpaired) electrons. The van der Waals surface area contributed by atoms with Crippen LogP contribution in [0.2, 0.25) is 0 Å². The number of hydrogen-bond acceptors (Lipinski definition) is 8. The van der Waals surface area contributed by atoms with Crippen LogP contribution in [0.25, 0.3) is 21.3 Å². The molecule has 1 saturated heterocycles. The predicted octanol–water partition coefficient (Wildman–Crippen LogP) is 2.82. The number of ether oxygens (including phenoxy) is 2. The third-order valence-corrected chi connectivity index (χ3v) is 6.89. The molecule has 2 aromatic heterocycles. The van der Waals surface area contributed by atoms with Crippen LogP contribution in [0.15, 0.2) is 40.5 Å². The number of nitrogens with one attached hydrogen (secondary N) is 1. The van der Waals surface area contributed by atoms with Crippen molar-refractivity contribution in [1.29, 1.82) is 0 Å². The van der Waals surface area contributed by atoms with Crippen molar-refractivity contribution in [1.82, 2.24) is 19.8 Å². The molecule has 0 amide bonds. The summed E-state index contributed by atoms with van der Waals surface area (Å²) in [7, 11) is 0. The number of aromatic nitrogens is 2. The quantitative estimate of drug-likeness (QED) is 0.395. The van der Waals surface area contributed by atoms with Gasteiger partial charge < -0.3 is 19.6 Å². The van der Waals surface area contributed by atoms with Crippen LogP contribution in [0.3, 0.4) is 0 Å². The largest absolute Gasteiger partial charge is 0.389 e. The first-order valence-electron chi connectivity index (χ1n) is 12.3. The number of aliphatic hydroxyl groups is 1. The molecule has 2 N–H and O–H groups in total. The van der Waals surface area contributed by atoms with Crippen molar-refractivity contribution in [2.24, 2.45) is 5.92 Å². The number of aromatic amines is 1. The summed E-state index contributed by atoms with van der Waals surface area (Å²) in [5.41, 5.74) is 1.79. The fraction of sp³-hybridized carbons (Fsp3) is 0.538. The topological polar surface area (TPSA) is 90.9 Å². The zero-order chi connectivity index (χ0) is 24.6. The van der Waals surface area contributed by atoms with E-state index in [9.17, 15) is 9.90 Å². The summed E-state index contributed by atoms with van der Waals surface area (Å²) < 4.78 is 11.1. The molecule has 1 aliphatic rings. The van der Waals surface area contributed by atoms with Crippen LogP contribution in [0, 0.1) is 5.92 Å². The van der Waals surface area contributed by atoms with Gasteiger partial charge in [0.05, 0.1) is 37.9 Å². The Morgan fingerprint density at radius 1 is 1.23 bits per heavy atom.